The lowest BCUT2D eigenvalue weighted by Crippen LogP contribution is -2.41. The molecule has 1 aromatic carbocycles. The van der Waals surface area contributed by atoms with Gasteiger partial charge in [-0.05, 0) is 67.7 Å². The molecule has 0 spiro atoms. The number of benzene rings is 1. The fourth-order valence-electron chi connectivity index (χ4n) is 4.11. The maximum Gasteiger partial charge on any atom is 0.0406 e. The van der Waals surface area contributed by atoms with Crippen molar-refractivity contribution in [3.05, 3.63) is 34.9 Å². The van der Waals surface area contributed by atoms with Crippen LogP contribution in [0.5, 0.6) is 0 Å². The Bertz CT molecular complexity index is 435. The first-order valence-electron chi connectivity index (χ1n) is 8.69. The topological polar surface area (TPSA) is 12.0 Å². The summed E-state index contributed by atoms with van der Waals surface area (Å²) in [6, 6.07) is 9.15. The Labute approximate surface area is 134 Å². The molecule has 0 amide bonds. The molecule has 1 N–H and O–H groups in total. The number of nitrogens with one attached hydrogen (secondary N) is 1. The second-order valence-electron chi connectivity index (χ2n) is 7.30. The first kappa shape index (κ1) is 15.4. The van der Waals surface area contributed by atoms with Crippen LogP contribution in [0.3, 0.4) is 0 Å². The molecular formula is C19H28ClN. The molecule has 0 radical (unpaired) electrons. The minimum atomic E-state index is 0.742. The van der Waals surface area contributed by atoms with Crippen molar-refractivity contribution in [1.29, 1.82) is 0 Å². The Morgan fingerprint density at radius 3 is 2.57 bits per heavy atom. The van der Waals surface area contributed by atoms with E-state index in [0.717, 1.165) is 28.8 Å². The second-order valence-corrected chi connectivity index (χ2v) is 7.73. The van der Waals surface area contributed by atoms with Crippen LogP contribution in [0.25, 0.3) is 0 Å². The second kappa shape index (κ2) is 7.15. The molecule has 0 aliphatic heterocycles. The van der Waals surface area contributed by atoms with Crippen LogP contribution in [-0.4, -0.2) is 12.6 Å². The first-order chi connectivity index (χ1) is 10.2. The van der Waals surface area contributed by atoms with Gasteiger partial charge in [-0.15, -0.1) is 0 Å². The highest BCUT2D eigenvalue weighted by atomic mass is 35.5. The van der Waals surface area contributed by atoms with Crippen LogP contribution in [0.2, 0.25) is 5.02 Å². The third-order valence-corrected chi connectivity index (χ3v) is 5.76. The van der Waals surface area contributed by atoms with E-state index in [9.17, 15) is 0 Å². The normalized spacial score (nSPS) is 32.7. The molecule has 2 atom stereocenters. The quantitative estimate of drug-likeness (QED) is 0.769. The Kier molecular flexibility index (Phi) is 5.24. The lowest BCUT2D eigenvalue weighted by atomic mass is 9.75. The predicted molar refractivity (Wildman–Crippen MR) is 91.0 cm³/mol. The smallest absolute Gasteiger partial charge is 0.0406 e. The molecule has 0 bridgehead atoms. The summed E-state index contributed by atoms with van der Waals surface area (Å²) in [7, 11) is 0. The van der Waals surface area contributed by atoms with E-state index in [1.807, 2.05) is 12.1 Å². The zero-order chi connectivity index (χ0) is 14.7. The van der Waals surface area contributed by atoms with Crippen molar-refractivity contribution in [2.45, 2.75) is 63.8 Å². The molecule has 0 aromatic heterocycles. The maximum absolute atomic E-state index is 5.95. The van der Waals surface area contributed by atoms with Gasteiger partial charge >= 0.3 is 0 Å². The standard InChI is InChI=1S/C19H28ClN/c1-14-3-2-4-15(11-14)9-10-21-19-12-17(13-19)16-5-7-18(20)8-6-16/h5-8,14-15,17,19,21H,2-4,9-13H2,1H3. The SMILES string of the molecule is CC1CCCC(CCNC2CC(c3ccc(Cl)cc3)C2)C1. The van der Waals surface area contributed by atoms with E-state index in [4.69, 9.17) is 11.6 Å². The van der Waals surface area contributed by atoms with Crippen molar-refractivity contribution < 1.29 is 0 Å². The highest BCUT2D eigenvalue weighted by molar-refractivity contribution is 6.30. The molecule has 0 saturated heterocycles. The molecule has 2 unspecified atom stereocenters. The van der Waals surface area contributed by atoms with E-state index in [2.05, 4.69) is 24.4 Å². The Morgan fingerprint density at radius 1 is 1.10 bits per heavy atom. The van der Waals surface area contributed by atoms with E-state index in [1.165, 1.54) is 57.1 Å². The summed E-state index contributed by atoms with van der Waals surface area (Å²) < 4.78 is 0. The van der Waals surface area contributed by atoms with Crippen LogP contribution in [0.4, 0.5) is 0 Å². The van der Waals surface area contributed by atoms with E-state index < -0.39 is 0 Å². The van der Waals surface area contributed by atoms with Gasteiger partial charge in [-0.1, -0.05) is 49.9 Å². The summed E-state index contributed by atoms with van der Waals surface area (Å²) in [6.07, 6.45) is 9.80. The van der Waals surface area contributed by atoms with Crippen LogP contribution < -0.4 is 5.32 Å². The molecule has 2 heteroatoms. The minimum absolute atomic E-state index is 0.742. The molecule has 2 aliphatic rings. The van der Waals surface area contributed by atoms with Gasteiger partial charge in [0, 0.05) is 11.1 Å². The van der Waals surface area contributed by atoms with Crippen molar-refractivity contribution in [1.82, 2.24) is 5.32 Å². The third kappa shape index (κ3) is 4.23. The van der Waals surface area contributed by atoms with Gasteiger partial charge in [0.2, 0.25) is 0 Å². The minimum Gasteiger partial charge on any atom is -0.314 e. The van der Waals surface area contributed by atoms with Crippen LogP contribution >= 0.6 is 11.6 Å². The largest absolute Gasteiger partial charge is 0.314 e. The van der Waals surface area contributed by atoms with Gasteiger partial charge in [0.05, 0.1) is 0 Å². The highest BCUT2D eigenvalue weighted by Crippen LogP contribution is 2.37. The molecule has 2 fully saturated rings. The highest BCUT2D eigenvalue weighted by Gasteiger charge is 2.29. The van der Waals surface area contributed by atoms with Gasteiger partial charge in [-0.25, -0.2) is 0 Å². The Balaban J connectivity index is 1.33. The first-order valence-corrected chi connectivity index (χ1v) is 9.07. The van der Waals surface area contributed by atoms with Crippen LogP contribution in [0.1, 0.15) is 63.4 Å². The van der Waals surface area contributed by atoms with E-state index in [0.29, 0.717) is 0 Å². The van der Waals surface area contributed by atoms with Crippen molar-refractivity contribution in [3.63, 3.8) is 0 Å². The number of halogens is 1. The van der Waals surface area contributed by atoms with Gasteiger partial charge < -0.3 is 5.32 Å². The van der Waals surface area contributed by atoms with E-state index in [1.54, 1.807) is 0 Å². The average Bonchev–Trinajstić information content (AvgIpc) is 2.43. The summed E-state index contributed by atoms with van der Waals surface area (Å²) in [5, 5.41) is 4.61. The van der Waals surface area contributed by atoms with Crippen LogP contribution in [0, 0.1) is 11.8 Å². The fourth-order valence-corrected chi connectivity index (χ4v) is 4.23. The summed E-state index contributed by atoms with van der Waals surface area (Å²) >= 11 is 5.95. The van der Waals surface area contributed by atoms with Gasteiger partial charge in [-0.3, -0.25) is 0 Å². The predicted octanol–water partition coefficient (Wildman–Crippen LogP) is 5.39. The van der Waals surface area contributed by atoms with Crippen LogP contribution in [0.15, 0.2) is 24.3 Å². The van der Waals surface area contributed by atoms with Crippen LogP contribution in [-0.2, 0) is 0 Å². The van der Waals surface area contributed by atoms with Gasteiger partial charge in [0.25, 0.3) is 0 Å². The molecule has 21 heavy (non-hydrogen) atoms. The van der Waals surface area contributed by atoms with Crippen molar-refractivity contribution in [2.75, 3.05) is 6.54 Å². The molecule has 3 rings (SSSR count). The number of rotatable bonds is 5. The molecule has 2 aliphatic carbocycles. The van der Waals surface area contributed by atoms with Gasteiger partial charge in [0.15, 0.2) is 0 Å². The summed E-state index contributed by atoms with van der Waals surface area (Å²) in [5.74, 6) is 2.68. The van der Waals surface area contributed by atoms with Gasteiger partial charge in [-0.2, -0.15) is 0 Å². The lowest BCUT2D eigenvalue weighted by molar-refractivity contribution is 0.246. The number of hydrogen-bond donors (Lipinski definition) is 1. The molecular weight excluding hydrogens is 278 g/mol. The molecule has 1 nitrogen and oxygen atoms in total. The molecule has 116 valence electrons. The molecule has 2 saturated carbocycles. The monoisotopic (exact) mass is 305 g/mol. The fraction of sp³-hybridized carbons (Fsp3) is 0.684. The summed E-state index contributed by atoms with van der Waals surface area (Å²) in [5.41, 5.74) is 1.46. The Morgan fingerprint density at radius 2 is 1.86 bits per heavy atom. The zero-order valence-corrected chi connectivity index (χ0v) is 13.9. The van der Waals surface area contributed by atoms with Crippen molar-refractivity contribution in [3.8, 4) is 0 Å². The van der Waals surface area contributed by atoms with Crippen molar-refractivity contribution in [2.24, 2.45) is 11.8 Å². The zero-order valence-electron chi connectivity index (χ0n) is 13.2. The third-order valence-electron chi connectivity index (χ3n) is 5.51. The van der Waals surface area contributed by atoms with E-state index >= 15 is 0 Å². The average molecular weight is 306 g/mol. The Hall–Kier alpha value is -0.530. The lowest BCUT2D eigenvalue weighted by Gasteiger charge is -2.37. The maximum atomic E-state index is 5.95. The van der Waals surface area contributed by atoms with Crippen molar-refractivity contribution >= 4 is 11.6 Å². The molecule has 0 heterocycles. The summed E-state index contributed by atoms with van der Waals surface area (Å²) in [4.78, 5) is 0. The van der Waals surface area contributed by atoms with Gasteiger partial charge in [0.1, 0.15) is 0 Å². The molecule has 1 aromatic rings. The summed E-state index contributed by atoms with van der Waals surface area (Å²) in [6.45, 7) is 3.64. The van der Waals surface area contributed by atoms with E-state index in [-0.39, 0.29) is 0 Å². The number of hydrogen-bond acceptors (Lipinski definition) is 1.